The third-order valence-electron chi connectivity index (χ3n) is 2.29. The van der Waals surface area contributed by atoms with Crippen molar-refractivity contribution in [2.24, 2.45) is 5.73 Å². The molecular weight excluding hydrogens is 245 g/mol. The van der Waals surface area contributed by atoms with Crippen molar-refractivity contribution < 1.29 is 27.1 Å². The molecule has 1 atom stereocenters. The van der Waals surface area contributed by atoms with Crippen molar-refractivity contribution in [1.29, 1.82) is 0 Å². The summed E-state index contributed by atoms with van der Waals surface area (Å²) < 4.78 is 62.2. The standard InChI is InChI=1S/C10H10F5NO/c1-5-2-3-7(17)6(4-5)8(16)9(11,12)10(13,14)15/h2-4,8,17H,16H2,1H3/t8-/m0/s1. The first kappa shape index (κ1) is 13.7. The molecule has 1 aromatic carbocycles. The first-order valence-corrected chi connectivity index (χ1v) is 4.57. The van der Waals surface area contributed by atoms with Crippen LogP contribution in [0.5, 0.6) is 5.75 Å². The van der Waals surface area contributed by atoms with E-state index in [0.717, 1.165) is 12.1 Å². The van der Waals surface area contributed by atoms with Crippen LogP contribution in [0, 0.1) is 6.92 Å². The van der Waals surface area contributed by atoms with Gasteiger partial charge in [0.1, 0.15) is 11.8 Å². The highest BCUT2D eigenvalue weighted by Gasteiger charge is 2.62. The Morgan fingerprint density at radius 1 is 1.18 bits per heavy atom. The molecular formula is C10H10F5NO. The Labute approximate surface area is 93.9 Å². The van der Waals surface area contributed by atoms with Gasteiger partial charge in [-0.3, -0.25) is 0 Å². The zero-order valence-electron chi connectivity index (χ0n) is 8.72. The third kappa shape index (κ3) is 2.49. The lowest BCUT2D eigenvalue weighted by atomic mass is 9.98. The summed E-state index contributed by atoms with van der Waals surface area (Å²) in [6, 6.07) is 0.760. The van der Waals surface area contributed by atoms with Crippen molar-refractivity contribution in [3.63, 3.8) is 0 Å². The monoisotopic (exact) mass is 255 g/mol. The molecule has 0 heterocycles. The first-order valence-electron chi connectivity index (χ1n) is 4.57. The van der Waals surface area contributed by atoms with Gasteiger partial charge in [-0.15, -0.1) is 0 Å². The van der Waals surface area contributed by atoms with Gasteiger partial charge in [-0.2, -0.15) is 22.0 Å². The average Bonchev–Trinajstić information content (AvgIpc) is 2.19. The first-order chi connectivity index (χ1) is 7.57. The van der Waals surface area contributed by atoms with Crippen molar-refractivity contribution in [2.75, 3.05) is 0 Å². The number of aryl methyl sites for hydroxylation is 1. The van der Waals surface area contributed by atoms with Crippen molar-refractivity contribution in [1.82, 2.24) is 0 Å². The van der Waals surface area contributed by atoms with Gasteiger partial charge in [-0.05, 0) is 13.0 Å². The maximum Gasteiger partial charge on any atom is 0.455 e. The van der Waals surface area contributed by atoms with E-state index in [9.17, 15) is 27.1 Å². The molecule has 1 aromatic rings. The molecule has 3 N–H and O–H groups in total. The highest BCUT2D eigenvalue weighted by Crippen LogP contribution is 2.45. The van der Waals surface area contributed by atoms with Crippen LogP contribution in [0.25, 0.3) is 0 Å². The number of hydrogen-bond acceptors (Lipinski definition) is 2. The van der Waals surface area contributed by atoms with E-state index in [1.165, 1.54) is 13.0 Å². The number of alkyl halides is 5. The summed E-state index contributed by atoms with van der Waals surface area (Å²) in [6.45, 7) is 1.49. The molecule has 0 spiro atoms. The average molecular weight is 255 g/mol. The number of hydrogen-bond donors (Lipinski definition) is 2. The number of benzene rings is 1. The van der Waals surface area contributed by atoms with E-state index in [2.05, 4.69) is 0 Å². The van der Waals surface area contributed by atoms with Crippen molar-refractivity contribution in [3.8, 4) is 5.75 Å². The van der Waals surface area contributed by atoms with Crippen LogP contribution in [-0.2, 0) is 0 Å². The third-order valence-corrected chi connectivity index (χ3v) is 2.29. The quantitative estimate of drug-likeness (QED) is 0.798. The van der Waals surface area contributed by atoms with Gasteiger partial charge in [0.15, 0.2) is 0 Å². The van der Waals surface area contributed by atoms with Gasteiger partial charge >= 0.3 is 12.1 Å². The summed E-state index contributed by atoms with van der Waals surface area (Å²) in [5, 5.41) is 9.25. The second-order valence-electron chi connectivity index (χ2n) is 3.66. The van der Waals surface area contributed by atoms with Gasteiger partial charge in [-0.25, -0.2) is 0 Å². The Hall–Kier alpha value is -1.37. The minimum absolute atomic E-state index is 0.422. The summed E-state index contributed by atoms with van der Waals surface area (Å²) >= 11 is 0. The molecule has 1 rings (SSSR count). The number of phenols is 1. The topological polar surface area (TPSA) is 46.2 Å². The predicted molar refractivity (Wildman–Crippen MR) is 50.8 cm³/mol. The minimum Gasteiger partial charge on any atom is -0.508 e. The van der Waals surface area contributed by atoms with Crippen LogP contribution in [-0.4, -0.2) is 17.2 Å². The minimum atomic E-state index is -5.76. The van der Waals surface area contributed by atoms with E-state index in [4.69, 9.17) is 5.73 Å². The SMILES string of the molecule is Cc1ccc(O)c([C@H](N)C(F)(F)C(F)(F)F)c1. The van der Waals surface area contributed by atoms with E-state index < -0.39 is 29.5 Å². The molecule has 0 bridgehead atoms. The fourth-order valence-corrected chi connectivity index (χ4v) is 1.29. The van der Waals surface area contributed by atoms with E-state index in [0.29, 0.717) is 5.56 Å². The maximum absolute atomic E-state index is 13.0. The van der Waals surface area contributed by atoms with Gasteiger partial charge in [0.05, 0.1) is 0 Å². The summed E-state index contributed by atoms with van der Waals surface area (Å²) in [4.78, 5) is 0. The lowest BCUT2D eigenvalue weighted by Crippen LogP contribution is -2.45. The molecule has 0 saturated carbocycles. The Kier molecular flexibility index (Phi) is 3.33. The summed E-state index contributed by atoms with van der Waals surface area (Å²) in [5.41, 5.74) is 4.69. The smallest absolute Gasteiger partial charge is 0.455 e. The Bertz CT molecular complexity index is 416. The van der Waals surface area contributed by atoms with Gasteiger partial charge in [-0.1, -0.05) is 17.7 Å². The second kappa shape index (κ2) is 4.14. The molecule has 7 heteroatoms. The molecule has 2 nitrogen and oxygen atoms in total. The summed E-state index contributed by atoms with van der Waals surface area (Å²) in [6.07, 6.45) is -5.76. The van der Waals surface area contributed by atoms with Crippen LogP contribution >= 0.6 is 0 Å². The molecule has 0 unspecified atom stereocenters. The zero-order valence-corrected chi connectivity index (χ0v) is 8.72. The Morgan fingerprint density at radius 3 is 2.18 bits per heavy atom. The van der Waals surface area contributed by atoms with Crippen molar-refractivity contribution >= 4 is 0 Å². The zero-order chi connectivity index (χ0) is 13.4. The van der Waals surface area contributed by atoms with E-state index in [-0.39, 0.29) is 0 Å². The number of halogens is 5. The lowest BCUT2D eigenvalue weighted by molar-refractivity contribution is -0.291. The molecule has 0 aliphatic carbocycles. The number of rotatable bonds is 2. The van der Waals surface area contributed by atoms with Gasteiger partial charge in [0, 0.05) is 5.56 Å². The second-order valence-corrected chi connectivity index (χ2v) is 3.66. The van der Waals surface area contributed by atoms with Gasteiger partial charge in [0.2, 0.25) is 0 Å². The Balaban J connectivity index is 3.21. The summed E-state index contributed by atoms with van der Waals surface area (Å²) in [7, 11) is 0. The molecule has 96 valence electrons. The van der Waals surface area contributed by atoms with Crippen LogP contribution in [0.3, 0.4) is 0 Å². The normalized spacial score (nSPS) is 14.8. The van der Waals surface area contributed by atoms with Gasteiger partial charge < -0.3 is 10.8 Å². The molecule has 0 radical (unpaired) electrons. The lowest BCUT2D eigenvalue weighted by Gasteiger charge is -2.26. The molecule has 0 aromatic heterocycles. The van der Waals surface area contributed by atoms with Crippen LogP contribution in [0.4, 0.5) is 22.0 Å². The molecule has 0 amide bonds. The van der Waals surface area contributed by atoms with Crippen LogP contribution < -0.4 is 5.73 Å². The van der Waals surface area contributed by atoms with Crippen molar-refractivity contribution in [2.45, 2.75) is 25.1 Å². The van der Waals surface area contributed by atoms with Crippen LogP contribution in [0.1, 0.15) is 17.2 Å². The van der Waals surface area contributed by atoms with Crippen LogP contribution in [0.2, 0.25) is 0 Å². The highest BCUT2D eigenvalue weighted by atomic mass is 19.4. The molecule has 0 aliphatic heterocycles. The molecule has 0 saturated heterocycles. The molecule has 17 heavy (non-hydrogen) atoms. The number of aromatic hydroxyl groups is 1. The van der Waals surface area contributed by atoms with E-state index in [1.54, 1.807) is 0 Å². The van der Waals surface area contributed by atoms with E-state index in [1.807, 2.05) is 0 Å². The van der Waals surface area contributed by atoms with Gasteiger partial charge in [0.25, 0.3) is 0 Å². The number of nitrogens with two attached hydrogens (primary N) is 1. The fraction of sp³-hybridized carbons (Fsp3) is 0.400. The largest absolute Gasteiger partial charge is 0.508 e. The maximum atomic E-state index is 13.0. The Morgan fingerprint density at radius 2 is 1.71 bits per heavy atom. The van der Waals surface area contributed by atoms with Crippen molar-refractivity contribution in [3.05, 3.63) is 29.3 Å². The molecule has 0 fully saturated rings. The van der Waals surface area contributed by atoms with Crippen LogP contribution in [0.15, 0.2) is 18.2 Å². The highest BCUT2D eigenvalue weighted by molar-refractivity contribution is 5.39. The fourth-order valence-electron chi connectivity index (χ4n) is 1.29. The van der Waals surface area contributed by atoms with E-state index >= 15 is 0 Å². The number of phenolic OH excluding ortho intramolecular Hbond substituents is 1. The summed E-state index contributed by atoms with van der Waals surface area (Å²) in [5.74, 6) is -5.79. The predicted octanol–water partition coefficient (Wildman–Crippen LogP) is 2.90. The molecule has 0 aliphatic rings.